The average Bonchev–Trinajstić information content (AvgIpc) is 2.50. The Hall–Kier alpha value is -2.28. The van der Waals surface area contributed by atoms with Crippen molar-refractivity contribution in [3.63, 3.8) is 0 Å². The van der Waals surface area contributed by atoms with Crippen LogP contribution in [-0.2, 0) is 17.5 Å². The van der Waals surface area contributed by atoms with Crippen molar-refractivity contribution in [1.82, 2.24) is 10.6 Å². The summed E-state index contributed by atoms with van der Waals surface area (Å²) in [5.74, 6) is -0.823. The number of nitrogens with one attached hydrogen (secondary N) is 2. The summed E-state index contributed by atoms with van der Waals surface area (Å²) < 4.78 is 39.2. The Morgan fingerprint density at radius 3 is 2.62 bits per heavy atom. The number of rotatable bonds is 6. The van der Waals surface area contributed by atoms with Gasteiger partial charge in [-0.1, -0.05) is 18.2 Å². The van der Waals surface area contributed by atoms with Crippen LogP contribution in [-0.4, -0.2) is 24.1 Å². The molecule has 0 radical (unpaired) electrons. The van der Waals surface area contributed by atoms with Crippen molar-refractivity contribution >= 4 is 16.7 Å². The predicted octanol–water partition coefficient (Wildman–Crippen LogP) is 3.18. The highest BCUT2D eigenvalue weighted by Crippen LogP contribution is 2.40. The lowest BCUT2D eigenvalue weighted by atomic mass is 10.0. The molecule has 2 aromatic rings. The molecule has 0 aliphatic rings. The highest BCUT2D eigenvalue weighted by Gasteiger charge is 2.35. The maximum atomic E-state index is 13.1. The molecular weight excluding hydrogens is 321 g/mol. The summed E-state index contributed by atoms with van der Waals surface area (Å²) >= 11 is 0. The molecular formula is C17H19F3N2O2. The first kappa shape index (κ1) is 18.1. The second kappa shape index (κ2) is 7.53. The summed E-state index contributed by atoms with van der Waals surface area (Å²) in [7, 11) is 0. The van der Waals surface area contributed by atoms with E-state index in [0.29, 0.717) is 31.4 Å². The predicted molar refractivity (Wildman–Crippen MR) is 85.6 cm³/mol. The van der Waals surface area contributed by atoms with Gasteiger partial charge in [-0.25, -0.2) is 0 Å². The van der Waals surface area contributed by atoms with Gasteiger partial charge in [-0.2, -0.15) is 13.2 Å². The van der Waals surface area contributed by atoms with Crippen molar-refractivity contribution < 1.29 is 23.1 Å². The van der Waals surface area contributed by atoms with Crippen LogP contribution >= 0.6 is 0 Å². The number of hydrogen-bond acceptors (Lipinski definition) is 3. The van der Waals surface area contributed by atoms with E-state index >= 15 is 0 Å². The van der Waals surface area contributed by atoms with Gasteiger partial charge in [0.25, 0.3) is 0 Å². The number of phenols is 1. The van der Waals surface area contributed by atoms with E-state index in [1.54, 1.807) is 12.1 Å². The first-order valence-electron chi connectivity index (χ1n) is 7.62. The third kappa shape index (κ3) is 4.38. The number of amides is 1. The summed E-state index contributed by atoms with van der Waals surface area (Å²) in [5, 5.41) is 15.6. The molecule has 0 bridgehead atoms. The van der Waals surface area contributed by atoms with Crippen LogP contribution < -0.4 is 10.6 Å². The van der Waals surface area contributed by atoms with E-state index in [1.807, 2.05) is 6.92 Å². The van der Waals surface area contributed by atoms with Gasteiger partial charge in [0.2, 0.25) is 5.91 Å². The summed E-state index contributed by atoms with van der Waals surface area (Å²) in [6, 6.07) is 7.09. The Bertz CT molecular complexity index is 730. The Balaban J connectivity index is 2.10. The fourth-order valence-electron chi connectivity index (χ4n) is 2.50. The van der Waals surface area contributed by atoms with E-state index in [0.717, 1.165) is 11.6 Å². The van der Waals surface area contributed by atoms with Gasteiger partial charge in [0.05, 0.1) is 0 Å². The SMILES string of the molecule is CCNC(=O)CCNCc1ccc2c(C(F)(F)F)c(O)ccc2c1. The lowest BCUT2D eigenvalue weighted by Crippen LogP contribution is -2.27. The lowest BCUT2D eigenvalue weighted by Gasteiger charge is -2.13. The minimum atomic E-state index is -4.62. The quantitative estimate of drug-likeness (QED) is 0.708. The zero-order valence-corrected chi connectivity index (χ0v) is 13.2. The minimum absolute atomic E-state index is 0.0337. The molecule has 0 aliphatic carbocycles. The zero-order chi connectivity index (χ0) is 17.7. The van der Waals surface area contributed by atoms with E-state index in [2.05, 4.69) is 10.6 Å². The summed E-state index contributed by atoms with van der Waals surface area (Å²) in [5.41, 5.74) is -0.215. The van der Waals surface area contributed by atoms with Crippen LogP contribution in [0.4, 0.5) is 13.2 Å². The highest BCUT2D eigenvalue weighted by atomic mass is 19.4. The molecule has 3 N–H and O–H groups in total. The molecule has 130 valence electrons. The Kier molecular flexibility index (Phi) is 5.66. The summed E-state index contributed by atoms with van der Waals surface area (Å²) in [6.07, 6.45) is -4.27. The number of halogens is 3. The largest absolute Gasteiger partial charge is 0.507 e. The summed E-state index contributed by atoms with van der Waals surface area (Å²) in [4.78, 5) is 11.3. The molecule has 0 saturated carbocycles. The van der Waals surface area contributed by atoms with Gasteiger partial charge in [-0.3, -0.25) is 4.79 Å². The standard InChI is InChI=1S/C17H19F3N2O2/c1-2-22-15(24)7-8-21-10-11-3-5-13-12(9-11)4-6-14(23)16(13)17(18,19)20/h3-6,9,21,23H,2,7-8,10H2,1H3,(H,22,24). The molecule has 0 fully saturated rings. The Morgan fingerprint density at radius 2 is 1.96 bits per heavy atom. The first-order valence-corrected chi connectivity index (χ1v) is 7.62. The molecule has 2 aromatic carbocycles. The zero-order valence-electron chi connectivity index (χ0n) is 13.2. The van der Waals surface area contributed by atoms with Crippen LogP contribution in [0.15, 0.2) is 30.3 Å². The molecule has 0 aliphatic heterocycles. The molecule has 7 heteroatoms. The molecule has 0 atom stereocenters. The fraction of sp³-hybridized carbons (Fsp3) is 0.353. The molecule has 0 spiro atoms. The van der Waals surface area contributed by atoms with Gasteiger partial charge in [0.15, 0.2) is 0 Å². The van der Waals surface area contributed by atoms with Crippen LogP contribution in [0.5, 0.6) is 5.75 Å². The molecule has 24 heavy (non-hydrogen) atoms. The summed E-state index contributed by atoms with van der Waals surface area (Å²) in [6.45, 7) is 3.34. The van der Waals surface area contributed by atoms with Crippen molar-refractivity contribution in [2.45, 2.75) is 26.1 Å². The van der Waals surface area contributed by atoms with Crippen molar-refractivity contribution in [1.29, 1.82) is 0 Å². The number of alkyl halides is 3. The number of hydrogen-bond donors (Lipinski definition) is 3. The first-order chi connectivity index (χ1) is 11.3. The molecule has 1 amide bonds. The number of benzene rings is 2. The van der Waals surface area contributed by atoms with Crippen LogP contribution in [0.1, 0.15) is 24.5 Å². The van der Waals surface area contributed by atoms with Crippen molar-refractivity contribution in [2.75, 3.05) is 13.1 Å². The van der Waals surface area contributed by atoms with Gasteiger partial charge in [-0.05, 0) is 35.4 Å². The second-order valence-electron chi connectivity index (χ2n) is 5.39. The topological polar surface area (TPSA) is 61.4 Å². The van der Waals surface area contributed by atoms with Crippen LogP contribution in [0.25, 0.3) is 10.8 Å². The maximum Gasteiger partial charge on any atom is 0.420 e. The normalized spacial score (nSPS) is 11.7. The average molecular weight is 340 g/mol. The van der Waals surface area contributed by atoms with Crippen molar-refractivity contribution in [3.8, 4) is 5.75 Å². The molecule has 4 nitrogen and oxygen atoms in total. The van der Waals surface area contributed by atoms with E-state index in [1.165, 1.54) is 12.1 Å². The smallest absolute Gasteiger partial charge is 0.420 e. The minimum Gasteiger partial charge on any atom is -0.507 e. The molecule has 0 heterocycles. The number of phenolic OH excluding ortho intramolecular Hbond substituents is 1. The lowest BCUT2D eigenvalue weighted by molar-refractivity contribution is -0.137. The molecule has 0 unspecified atom stereocenters. The van der Waals surface area contributed by atoms with Gasteiger partial charge < -0.3 is 15.7 Å². The maximum absolute atomic E-state index is 13.1. The van der Waals surface area contributed by atoms with Crippen LogP contribution in [0.2, 0.25) is 0 Å². The van der Waals surface area contributed by atoms with E-state index in [4.69, 9.17) is 0 Å². The third-order valence-corrected chi connectivity index (χ3v) is 3.58. The van der Waals surface area contributed by atoms with E-state index < -0.39 is 17.5 Å². The van der Waals surface area contributed by atoms with E-state index in [-0.39, 0.29) is 11.3 Å². The number of aromatic hydroxyl groups is 1. The highest BCUT2D eigenvalue weighted by molar-refractivity contribution is 5.88. The van der Waals surface area contributed by atoms with Crippen LogP contribution in [0.3, 0.4) is 0 Å². The van der Waals surface area contributed by atoms with Crippen molar-refractivity contribution in [3.05, 3.63) is 41.5 Å². The van der Waals surface area contributed by atoms with Crippen molar-refractivity contribution in [2.24, 2.45) is 0 Å². The second-order valence-corrected chi connectivity index (χ2v) is 5.39. The monoisotopic (exact) mass is 340 g/mol. The van der Waals surface area contributed by atoms with Crippen LogP contribution in [0, 0.1) is 0 Å². The number of carbonyl (C=O) groups is 1. The molecule has 0 aromatic heterocycles. The van der Waals surface area contributed by atoms with Gasteiger partial charge in [0, 0.05) is 26.1 Å². The number of carbonyl (C=O) groups excluding carboxylic acids is 1. The Labute approximate surface area is 137 Å². The number of fused-ring (bicyclic) bond motifs is 1. The molecule has 2 rings (SSSR count). The van der Waals surface area contributed by atoms with E-state index in [9.17, 15) is 23.1 Å². The van der Waals surface area contributed by atoms with Gasteiger partial charge in [0.1, 0.15) is 11.3 Å². The van der Waals surface area contributed by atoms with Gasteiger partial charge in [-0.15, -0.1) is 0 Å². The fourth-order valence-corrected chi connectivity index (χ4v) is 2.50. The Morgan fingerprint density at radius 1 is 1.21 bits per heavy atom. The molecule has 0 saturated heterocycles. The van der Waals surface area contributed by atoms with Gasteiger partial charge >= 0.3 is 6.18 Å². The third-order valence-electron chi connectivity index (χ3n) is 3.58.